The fourth-order valence-electron chi connectivity index (χ4n) is 3.20. The van der Waals surface area contributed by atoms with Crippen molar-refractivity contribution in [1.29, 1.82) is 0 Å². The second kappa shape index (κ2) is 8.92. The van der Waals surface area contributed by atoms with E-state index in [4.69, 9.17) is 4.74 Å². The molecule has 0 bridgehead atoms. The Balaban J connectivity index is 2.12. The highest BCUT2D eigenvalue weighted by atomic mass is 16.5. The molecule has 0 saturated carbocycles. The van der Waals surface area contributed by atoms with Crippen LogP contribution >= 0.6 is 0 Å². The number of nitrogens with zero attached hydrogens (tertiary/aromatic N) is 1. The number of aliphatic hydroxyl groups is 1. The van der Waals surface area contributed by atoms with Crippen LogP contribution in [0.5, 0.6) is 5.75 Å². The molecule has 2 N–H and O–H groups in total. The number of likely N-dealkylation sites (tertiary alicyclic amines) is 1. The fourth-order valence-corrected chi connectivity index (χ4v) is 3.20. The van der Waals surface area contributed by atoms with E-state index in [1.165, 1.54) is 0 Å². The number of aliphatic hydroxyl groups excluding tert-OH is 1. The molecule has 0 spiro atoms. The summed E-state index contributed by atoms with van der Waals surface area (Å²) in [5, 5.41) is 12.4. The normalized spacial score (nSPS) is 18.7. The average Bonchev–Trinajstić information content (AvgIpc) is 3.04. The summed E-state index contributed by atoms with van der Waals surface area (Å²) in [6.07, 6.45) is 1.72. The second-order valence-electron chi connectivity index (χ2n) is 6.89. The van der Waals surface area contributed by atoms with Crippen molar-refractivity contribution in [3.63, 3.8) is 0 Å². The lowest BCUT2D eigenvalue weighted by Crippen LogP contribution is -2.41. The van der Waals surface area contributed by atoms with Gasteiger partial charge in [-0.1, -0.05) is 32.0 Å². The topological polar surface area (TPSA) is 61.8 Å². The van der Waals surface area contributed by atoms with E-state index in [2.05, 4.69) is 19.2 Å². The molecule has 1 aromatic rings. The molecule has 5 nitrogen and oxygen atoms in total. The molecule has 5 heteroatoms. The summed E-state index contributed by atoms with van der Waals surface area (Å²) in [6.45, 7) is 8.35. The third kappa shape index (κ3) is 4.87. The van der Waals surface area contributed by atoms with Gasteiger partial charge < -0.3 is 20.1 Å². The highest BCUT2D eigenvalue weighted by Gasteiger charge is 2.28. The number of hydrogen-bond donors (Lipinski definition) is 2. The second-order valence-corrected chi connectivity index (χ2v) is 6.89. The predicted molar refractivity (Wildman–Crippen MR) is 95.1 cm³/mol. The number of rotatable bonds is 7. The molecule has 1 aliphatic rings. The minimum absolute atomic E-state index is 0.0529. The maximum atomic E-state index is 12.6. The third-order valence-corrected chi connectivity index (χ3v) is 4.43. The van der Waals surface area contributed by atoms with Crippen molar-refractivity contribution >= 4 is 6.03 Å². The maximum absolute atomic E-state index is 12.6. The Morgan fingerprint density at radius 1 is 1.42 bits per heavy atom. The Labute approximate surface area is 145 Å². The van der Waals surface area contributed by atoms with Gasteiger partial charge in [0.25, 0.3) is 0 Å². The van der Waals surface area contributed by atoms with Gasteiger partial charge in [-0.05, 0) is 31.7 Å². The molecule has 0 aromatic heterocycles. The van der Waals surface area contributed by atoms with Crippen LogP contribution in [-0.2, 0) is 0 Å². The van der Waals surface area contributed by atoms with E-state index < -0.39 is 0 Å². The summed E-state index contributed by atoms with van der Waals surface area (Å²) < 4.78 is 5.74. The fraction of sp³-hybridized carbons (Fsp3) is 0.632. The van der Waals surface area contributed by atoms with Crippen LogP contribution in [0.1, 0.15) is 45.2 Å². The molecule has 2 unspecified atom stereocenters. The van der Waals surface area contributed by atoms with Crippen LogP contribution in [0.3, 0.4) is 0 Å². The van der Waals surface area contributed by atoms with Gasteiger partial charge in [0.2, 0.25) is 0 Å². The molecule has 1 saturated heterocycles. The average molecular weight is 334 g/mol. The molecule has 2 atom stereocenters. The van der Waals surface area contributed by atoms with Crippen LogP contribution in [0, 0.1) is 11.8 Å². The molecule has 24 heavy (non-hydrogen) atoms. The summed E-state index contributed by atoms with van der Waals surface area (Å²) in [5.41, 5.74) is 1.03. The minimum Gasteiger partial charge on any atom is -0.494 e. The quantitative estimate of drug-likeness (QED) is 0.805. The highest BCUT2D eigenvalue weighted by Crippen LogP contribution is 2.30. The Morgan fingerprint density at radius 3 is 2.79 bits per heavy atom. The number of nitrogens with one attached hydrogen (secondary N) is 1. The van der Waals surface area contributed by atoms with Crippen LogP contribution in [0.15, 0.2) is 24.3 Å². The van der Waals surface area contributed by atoms with Crippen molar-refractivity contribution < 1.29 is 14.6 Å². The van der Waals surface area contributed by atoms with Gasteiger partial charge in [0.15, 0.2) is 0 Å². The van der Waals surface area contributed by atoms with Crippen LogP contribution in [0.4, 0.5) is 4.79 Å². The number of carbonyl (C=O) groups is 1. The number of para-hydroxylation sites is 1. The van der Waals surface area contributed by atoms with Gasteiger partial charge in [0.1, 0.15) is 5.75 Å². The Morgan fingerprint density at radius 2 is 2.17 bits per heavy atom. The number of carbonyl (C=O) groups excluding carboxylic acids is 1. The van der Waals surface area contributed by atoms with E-state index in [1.807, 2.05) is 31.2 Å². The first-order valence-electron chi connectivity index (χ1n) is 8.93. The lowest BCUT2D eigenvalue weighted by atomic mass is 9.96. The van der Waals surface area contributed by atoms with Crippen molar-refractivity contribution in [3.05, 3.63) is 29.8 Å². The molecule has 1 heterocycles. The first-order chi connectivity index (χ1) is 11.5. The van der Waals surface area contributed by atoms with Gasteiger partial charge in [0.05, 0.1) is 12.6 Å². The zero-order chi connectivity index (χ0) is 17.5. The lowest BCUT2D eigenvalue weighted by Gasteiger charge is -2.26. The molecule has 1 aliphatic heterocycles. The predicted octanol–water partition coefficient (Wildman–Crippen LogP) is 3.20. The molecule has 2 rings (SSSR count). The summed E-state index contributed by atoms with van der Waals surface area (Å²) in [6, 6.07) is 7.79. The standard InChI is InChI=1S/C19H30N2O3/c1-4-24-18-8-6-5-7-16(18)17(11-14(2)3)20-19(23)21-10-9-15(12-21)13-22/h5-8,14-15,17,22H,4,9-13H2,1-3H3,(H,20,23). The molecular weight excluding hydrogens is 304 g/mol. The van der Waals surface area contributed by atoms with Gasteiger partial charge in [-0.2, -0.15) is 0 Å². The van der Waals surface area contributed by atoms with Crippen molar-refractivity contribution in [3.8, 4) is 5.75 Å². The van der Waals surface area contributed by atoms with E-state index in [-0.39, 0.29) is 24.6 Å². The van der Waals surface area contributed by atoms with E-state index in [0.717, 1.165) is 24.2 Å². The number of urea groups is 1. The molecule has 1 aromatic carbocycles. The zero-order valence-electron chi connectivity index (χ0n) is 15.0. The zero-order valence-corrected chi connectivity index (χ0v) is 15.0. The Hall–Kier alpha value is -1.75. The van der Waals surface area contributed by atoms with E-state index in [1.54, 1.807) is 4.90 Å². The Kier molecular flexibility index (Phi) is 6.91. The molecule has 134 valence electrons. The van der Waals surface area contributed by atoms with E-state index >= 15 is 0 Å². The summed E-state index contributed by atoms with van der Waals surface area (Å²) in [5.74, 6) is 1.49. The van der Waals surface area contributed by atoms with Gasteiger partial charge in [-0.3, -0.25) is 0 Å². The summed E-state index contributed by atoms with van der Waals surface area (Å²) >= 11 is 0. The monoisotopic (exact) mass is 334 g/mol. The molecular formula is C19H30N2O3. The van der Waals surface area contributed by atoms with Crippen LogP contribution in [0.25, 0.3) is 0 Å². The van der Waals surface area contributed by atoms with Crippen LogP contribution in [-0.4, -0.2) is 42.3 Å². The van der Waals surface area contributed by atoms with Gasteiger partial charge in [-0.25, -0.2) is 4.79 Å². The molecule has 0 aliphatic carbocycles. The number of hydrogen-bond acceptors (Lipinski definition) is 3. The number of ether oxygens (including phenoxy) is 1. The molecule has 0 radical (unpaired) electrons. The van der Waals surface area contributed by atoms with E-state index in [0.29, 0.717) is 25.6 Å². The smallest absolute Gasteiger partial charge is 0.317 e. The molecule has 2 amide bonds. The maximum Gasteiger partial charge on any atom is 0.317 e. The SMILES string of the molecule is CCOc1ccccc1C(CC(C)C)NC(=O)N1CCC(CO)C1. The summed E-state index contributed by atoms with van der Waals surface area (Å²) in [4.78, 5) is 14.4. The van der Waals surface area contributed by atoms with Gasteiger partial charge >= 0.3 is 6.03 Å². The first-order valence-corrected chi connectivity index (χ1v) is 8.93. The lowest BCUT2D eigenvalue weighted by molar-refractivity contribution is 0.193. The van der Waals surface area contributed by atoms with Gasteiger partial charge in [-0.15, -0.1) is 0 Å². The first kappa shape index (κ1) is 18.6. The highest BCUT2D eigenvalue weighted by molar-refractivity contribution is 5.75. The van der Waals surface area contributed by atoms with Crippen molar-refractivity contribution in [1.82, 2.24) is 10.2 Å². The van der Waals surface area contributed by atoms with Crippen molar-refractivity contribution in [2.45, 2.75) is 39.7 Å². The molecule has 1 fully saturated rings. The number of amides is 2. The number of benzene rings is 1. The van der Waals surface area contributed by atoms with Gasteiger partial charge in [0, 0.05) is 31.2 Å². The Bertz CT molecular complexity index is 533. The van der Waals surface area contributed by atoms with Crippen molar-refractivity contribution in [2.24, 2.45) is 11.8 Å². The summed E-state index contributed by atoms with van der Waals surface area (Å²) in [7, 11) is 0. The third-order valence-electron chi connectivity index (χ3n) is 4.43. The van der Waals surface area contributed by atoms with Crippen molar-refractivity contribution in [2.75, 3.05) is 26.3 Å². The van der Waals surface area contributed by atoms with E-state index in [9.17, 15) is 9.90 Å². The largest absolute Gasteiger partial charge is 0.494 e. The minimum atomic E-state index is -0.0755. The van der Waals surface area contributed by atoms with Crippen LogP contribution < -0.4 is 10.1 Å². The van der Waals surface area contributed by atoms with Crippen LogP contribution in [0.2, 0.25) is 0 Å².